The van der Waals surface area contributed by atoms with Crippen molar-refractivity contribution in [2.45, 2.75) is 59.3 Å². The topological polar surface area (TPSA) is 16.4 Å². The third kappa shape index (κ3) is 6.23. The molecule has 0 saturated carbocycles. The molecule has 0 N–H and O–H groups in total. The average Bonchev–Trinajstić information content (AvgIpc) is 4.03. The summed E-state index contributed by atoms with van der Waals surface area (Å²) in [4.78, 5) is 2.37. The molecule has 1 unspecified atom stereocenters. The molecule has 0 radical (unpaired) electrons. The number of fused-ring (bicyclic) bond motifs is 15. The zero-order chi connectivity index (χ0) is 46.2. The number of benzene rings is 7. The Kier molecular flexibility index (Phi) is 10.0. The molecule has 8 aromatic rings. The Morgan fingerprint density at radius 1 is 0.537 bits per heavy atom. The number of hydrogen-bond acceptors (Lipinski definition) is 2. The molecular formula is C65H55NO. The normalized spacial score (nSPS) is 17.2. The van der Waals surface area contributed by atoms with Crippen LogP contribution in [0.4, 0.5) is 11.4 Å². The van der Waals surface area contributed by atoms with Gasteiger partial charge in [0, 0.05) is 27.4 Å². The fourth-order valence-electron chi connectivity index (χ4n) is 11.4. The molecule has 1 atom stereocenters. The molecule has 0 saturated heterocycles. The molecule has 1 spiro atoms. The molecule has 67 heavy (non-hydrogen) atoms. The van der Waals surface area contributed by atoms with Gasteiger partial charge in [0.15, 0.2) is 5.42 Å². The fourth-order valence-corrected chi connectivity index (χ4v) is 11.4. The Morgan fingerprint density at radius 2 is 1.12 bits per heavy atom. The Morgan fingerprint density at radius 3 is 1.84 bits per heavy atom. The van der Waals surface area contributed by atoms with Crippen molar-refractivity contribution in [3.63, 3.8) is 0 Å². The Labute approximate surface area is 395 Å². The summed E-state index contributed by atoms with van der Waals surface area (Å²) in [6.45, 7) is 20.0. The van der Waals surface area contributed by atoms with E-state index >= 15 is 0 Å². The molecule has 3 aliphatic rings. The van der Waals surface area contributed by atoms with Crippen LogP contribution in [0.3, 0.4) is 0 Å². The van der Waals surface area contributed by atoms with E-state index in [1.807, 2.05) is 19.1 Å². The number of allylic oxidation sites excluding steroid dienone is 9. The molecule has 2 nitrogen and oxygen atoms in total. The van der Waals surface area contributed by atoms with Gasteiger partial charge in [-0.25, -0.2) is 0 Å². The second-order valence-corrected chi connectivity index (χ2v) is 18.9. The highest BCUT2D eigenvalue weighted by atomic mass is 16.3. The summed E-state index contributed by atoms with van der Waals surface area (Å²) in [6.07, 6.45) is 15.0. The first-order chi connectivity index (χ1) is 32.6. The van der Waals surface area contributed by atoms with E-state index in [0.717, 1.165) is 44.2 Å². The molecule has 0 aliphatic heterocycles. The van der Waals surface area contributed by atoms with Crippen molar-refractivity contribution in [1.29, 1.82) is 0 Å². The number of nitrogens with zero attached hydrogens (tertiary/aromatic N) is 1. The average molecular weight is 866 g/mol. The van der Waals surface area contributed by atoms with Crippen LogP contribution in [0.15, 0.2) is 210 Å². The van der Waals surface area contributed by atoms with Crippen LogP contribution in [0.1, 0.15) is 87.4 Å². The van der Waals surface area contributed by atoms with E-state index in [1.165, 1.54) is 83.5 Å². The molecule has 1 aromatic heterocycles. The van der Waals surface area contributed by atoms with Crippen molar-refractivity contribution in [1.82, 2.24) is 0 Å². The van der Waals surface area contributed by atoms with E-state index in [1.54, 1.807) is 0 Å². The molecule has 0 amide bonds. The largest absolute Gasteiger partial charge is 0.454 e. The van der Waals surface area contributed by atoms with Crippen LogP contribution in [0.5, 0.6) is 0 Å². The maximum atomic E-state index is 6.80. The van der Waals surface area contributed by atoms with Crippen molar-refractivity contribution in [3.05, 3.63) is 255 Å². The zero-order valence-corrected chi connectivity index (χ0v) is 39.5. The molecule has 326 valence electrons. The van der Waals surface area contributed by atoms with Crippen LogP contribution in [-0.4, -0.2) is 0 Å². The van der Waals surface area contributed by atoms with Gasteiger partial charge in [-0.2, -0.15) is 0 Å². The van der Waals surface area contributed by atoms with Gasteiger partial charge in [0.1, 0.15) is 5.58 Å². The summed E-state index contributed by atoms with van der Waals surface area (Å²) in [6, 6.07) is 56.6. The van der Waals surface area contributed by atoms with Crippen LogP contribution in [-0.2, 0) is 10.8 Å². The number of anilines is 2. The van der Waals surface area contributed by atoms with Crippen LogP contribution < -0.4 is 15.5 Å². The van der Waals surface area contributed by atoms with Gasteiger partial charge in [-0.05, 0) is 160 Å². The van der Waals surface area contributed by atoms with Gasteiger partial charge in [-0.3, -0.25) is 0 Å². The van der Waals surface area contributed by atoms with Crippen molar-refractivity contribution >= 4 is 40.2 Å². The molecule has 7 aromatic carbocycles. The lowest BCUT2D eigenvalue weighted by molar-refractivity contribution is 0.572. The Bertz CT molecular complexity index is 3620. The zero-order valence-electron chi connectivity index (χ0n) is 39.5. The smallest absolute Gasteiger partial charge is 0.158 e. The van der Waals surface area contributed by atoms with Crippen molar-refractivity contribution in [3.8, 4) is 33.4 Å². The minimum absolute atomic E-state index is 0.116. The summed E-state index contributed by atoms with van der Waals surface area (Å²) < 4.78 is 6.80. The predicted octanol–water partition coefficient (Wildman–Crippen LogP) is 15.9. The fraction of sp³-hybridized carbons (Fsp3) is 0.138. The van der Waals surface area contributed by atoms with Crippen molar-refractivity contribution in [2.75, 3.05) is 4.90 Å². The first-order valence-electron chi connectivity index (χ1n) is 23.6. The highest BCUT2D eigenvalue weighted by Crippen LogP contribution is 2.66. The van der Waals surface area contributed by atoms with E-state index in [-0.39, 0.29) is 5.41 Å². The SMILES string of the molecule is C=c1/c(=C(\C=C/C)N(c2ccc(/C(C)=C/C=C(C)/C(C)=C/C=C\C)cc2)c2ccc3c(c2)C2(c4ccccc4-3)c3ccccc3-c3c2ccc2c3-c3ccccc3C2(C)C)oc2ccccc12. The summed E-state index contributed by atoms with van der Waals surface area (Å²) in [5, 5.41) is 1.88. The lowest BCUT2D eigenvalue weighted by atomic mass is 9.70. The Hall–Kier alpha value is -7.68. The van der Waals surface area contributed by atoms with E-state index in [2.05, 4.69) is 235 Å². The van der Waals surface area contributed by atoms with Gasteiger partial charge >= 0.3 is 0 Å². The van der Waals surface area contributed by atoms with Crippen LogP contribution in [0.2, 0.25) is 0 Å². The molecule has 1 heterocycles. The summed E-state index contributed by atoms with van der Waals surface area (Å²) in [5.41, 5.74) is 24.7. The molecule has 0 fully saturated rings. The monoisotopic (exact) mass is 865 g/mol. The number of furan rings is 1. The van der Waals surface area contributed by atoms with Crippen LogP contribution in [0.25, 0.3) is 62.2 Å². The van der Waals surface area contributed by atoms with Gasteiger partial charge < -0.3 is 9.32 Å². The van der Waals surface area contributed by atoms with Gasteiger partial charge in [-0.15, -0.1) is 0 Å². The van der Waals surface area contributed by atoms with Gasteiger partial charge in [0.05, 0.1) is 11.1 Å². The van der Waals surface area contributed by atoms with E-state index in [4.69, 9.17) is 4.42 Å². The van der Waals surface area contributed by atoms with Crippen LogP contribution >= 0.6 is 0 Å². The maximum absolute atomic E-state index is 6.80. The van der Waals surface area contributed by atoms with Gasteiger partial charge in [0.2, 0.25) is 0 Å². The maximum Gasteiger partial charge on any atom is 0.158 e. The summed E-state index contributed by atoms with van der Waals surface area (Å²) in [5.74, 6) is 0. The van der Waals surface area contributed by atoms with E-state index in [0.29, 0.717) is 0 Å². The number of rotatable bonds is 8. The first-order valence-corrected chi connectivity index (χ1v) is 23.6. The predicted molar refractivity (Wildman–Crippen MR) is 284 cm³/mol. The molecule has 2 heteroatoms. The highest BCUT2D eigenvalue weighted by Gasteiger charge is 2.54. The molecule has 11 rings (SSSR count). The standard InChI is InChI=1S/C65H55NO/c1-9-11-21-41(3)42(4)30-31-43(5)45-32-34-46(35-33-45)66(59(20-10-2)63-44(6)48-22-15-19-29-60(48)67-63)47-36-37-50-49-23-12-17-27-54(49)65(58(50)40-47)55-28-18-14-25-52(55)62-57(65)39-38-56-61(62)51-24-13-16-26-53(51)64(56,7)8/h9-40H,6H2,1-5,7-8H3/b11-9-,20-10-,41-21+,42-30+,43-31+,63-59-. The van der Waals surface area contributed by atoms with E-state index in [9.17, 15) is 0 Å². The third-order valence-electron chi connectivity index (χ3n) is 14.9. The minimum Gasteiger partial charge on any atom is -0.454 e. The first kappa shape index (κ1) is 42.0. The highest BCUT2D eigenvalue weighted by molar-refractivity contribution is 6.03. The van der Waals surface area contributed by atoms with Crippen LogP contribution in [0, 0.1) is 0 Å². The third-order valence-corrected chi connectivity index (χ3v) is 14.9. The van der Waals surface area contributed by atoms with Gasteiger partial charge in [0.25, 0.3) is 0 Å². The Balaban J connectivity index is 1.16. The number of hydrogen-bond donors (Lipinski definition) is 0. The lowest BCUT2D eigenvalue weighted by Crippen LogP contribution is -2.30. The summed E-state index contributed by atoms with van der Waals surface area (Å²) >= 11 is 0. The quantitative estimate of drug-likeness (QED) is 0.142. The van der Waals surface area contributed by atoms with E-state index < -0.39 is 5.41 Å². The molecule has 0 bridgehead atoms. The second kappa shape index (κ2) is 16.0. The minimum atomic E-state index is -0.550. The number of para-hydroxylation sites is 1. The molecular weight excluding hydrogens is 811 g/mol. The second-order valence-electron chi connectivity index (χ2n) is 18.9. The lowest BCUT2D eigenvalue weighted by Gasteiger charge is -2.32. The molecule has 3 aliphatic carbocycles. The van der Waals surface area contributed by atoms with Gasteiger partial charge in [-0.1, -0.05) is 178 Å². The summed E-state index contributed by atoms with van der Waals surface area (Å²) in [7, 11) is 0. The van der Waals surface area contributed by atoms with Crippen molar-refractivity contribution in [2.24, 2.45) is 0 Å². The van der Waals surface area contributed by atoms with Crippen molar-refractivity contribution < 1.29 is 4.42 Å².